The van der Waals surface area contributed by atoms with Crippen LogP contribution in [0.1, 0.15) is 36.8 Å². The van der Waals surface area contributed by atoms with E-state index in [1.807, 2.05) is 47.4 Å². The van der Waals surface area contributed by atoms with Crippen LogP contribution in [0.2, 0.25) is 0 Å². The third kappa shape index (κ3) is 5.81. The summed E-state index contributed by atoms with van der Waals surface area (Å²) >= 11 is 0. The van der Waals surface area contributed by atoms with Crippen molar-refractivity contribution in [3.8, 4) is 5.88 Å². The average molecular weight is 408 g/mol. The van der Waals surface area contributed by atoms with Gasteiger partial charge in [0.15, 0.2) is 0 Å². The molecule has 2 fully saturated rings. The van der Waals surface area contributed by atoms with E-state index in [1.54, 1.807) is 6.20 Å². The van der Waals surface area contributed by atoms with Crippen molar-refractivity contribution in [1.29, 1.82) is 0 Å². The number of carbonyl (C=O) groups excluding carboxylic acids is 2. The van der Waals surface area contributed by atoms with Crippen molar-refractivity contribution >= 4 is 11.8 Å². The van der Waals surface area contributed by atoms with Crippen molar-refractivity contribution in [2.75, 3.05) is 19.7 Å². The maximum atomic E-state index is 12.7. The largest absolute Gasteiger partial charge is 0.477 e. The third-order valence-corrected chi connectivity index (χ3v) is 5.77. The molecule has 1 aromatic carbocycles. The minimum atomic E-state index is -0.160. The van der Waals surface area contributed by atoms with Crippen molar-refractivity contribution in [2.45, 2.75) is 38.6 Å². The Labute approximate surface area is 177 Å². The number of piperidine rings is 1. The molecule has 1 unspecified atom stereocenters. The lowest BCUT2D eigenvalue weighted by atomic mass is 9.96. The molecule has 2 amide bonds. The molecule has 1 N–H and O–H groups in total. The van der Waals surface area contributed by atoms with Crippen LogP contribution in [0.15, 0.2) is 48.7 Å². The fourth-order valence-electron chi connectivity index (χ4n) is 3.72. The summed E-state index contributed by atoms with van der Waals surface area (Å²) in [6, 6.07) is 13.5. The van der Waals surface area contributed by atoms with Gasteiger partial charge in [-0.25, -0.2) is 4.98 Å². The van der Waals surface area contributed by atoms with Crippen LogP contribution in [0.4, 0.5) is 0 Å². The van der Waals surface area contributed by atoms with Crippen LogP contribution in [-0.2, 0) is 22.6 Å². The van der Waals surface area contributed by atoms with Crippen LogP contribution in [0, 0.1) is 11.8 Å². The van der Waals surface area contributed by atoms with Gasteiger partial charge < -0.3 is 15.0 Å². The monoisotopic (exact) mass is 407 g/mol. The number of pyridine rings is 1. The molecule has 1 saturated heterocycles. The summed E-state index contributed by atoms with van der Waals surface area (Å²) in [6.07, 6.45) is 6.30. The highest BCUT2D eigenvalue weighted by Crippen LogP contribution is 2.29. The van der Waals surface area contributed by atoms with Crippen molar-refractivity contribution in [3.63, 3.8) is 0 Å². The molecule has 6 heteroatoms. The van der Waals surface area contributed by atoms with Crippen molar-refractivity contribution in [3.05, 3.63) is 59.8 Å². The minimum absolute atomic E-state index is 0.00118. The Balaban J connectivity index is 1.23. The van der Waals surface area contributed by atoms with E-state index in [1.165, 1.54) is 12.8 Å². The molecule has 2 aliphatic rings. The standard InChI is InChI=1S/C24H29N3O3/c28-23(13-18-5-2-1-3-6-18)27-12-4-7-21(16-27)24(29)26-15-20-10-11-22(25-14-20)30-17-19-8-9-19/h1-3,5-6,10-11,14,19,21H,4,7-9,12-13,15-17H2,(H,26,29). The summed E-state index contributed by atoms with van der Waals surface area (Å²) in [5.74, 6) is 1.26. The number of hydrogen-bond donors (Lipinski definition) is 1. The minimum Gasteiger partial charge on any atom is -0.477 e. The molecule has 1 saturated carbocycles. The van der Waals surface area contributed by atoms with Gasteiger partial charge in [0.25, 0.3) is 0 Å². The summed E-state index contributed by atoms with van der Waals surface area (Å²) in [7, 11) is 0. The molecule has 6 nitrogen and oxygen atoms in total. The van der Waals surface area contributed by atoms with E-state index in [4.69, 9.17) is 4.74 Å². The molecule has 158 valence electrons. The highest BCUT2D eigenvalue weighted by Gasteiger charge is 2.28. The lowest BCUT2D eigenvalue weighted by Crippen LogP contribution is -2.45. The van der Waals surface area contributed by atoms with E-state index in [0.717, 1.165) is 37.1 Å². The first-order chi connectivity index (χ1) is 14.7. The predicted octanol–water partition coefficient (Wildman–Crippen LogP) is 2.97. The van der Waals surface area contributed by atoms with Gasteiger partial charge >= 0.3 is 0 Å². The van der Waals surface area contributed by atoms with Crippen LogP contribution in [0.25, 0.3) is 0 Å². The molecular formula is C24H29N3O3. The van der Waals surface area contributed by atoms with Crippen LogP contribution >= 0.6 is 0 Å². The number of benzene rings is 1. The lowest BCUT2D eigenvalue weighted by molar-refractivity contribution is -0.135. The maximum Gasteiger partial charge on any atom is 0.227 e. The Morgan fingerprint density at radius 1 is 1.07 bits per heavy atom. The van der Waals surface area contributed by atoms with E-state index in [-0.39, 0.29) is 17.7 Å². The van der Waals surface area contributed by atoms with E-state index >= 15 is 0 Å². The highest BCUT2D eigenvalue weighted by molar-refractivity contribution is 5.82. The van der Waals surface area contributed by atoms with Gasteiger partial charge in [-0.3, -0.25) is 9.59 Å². The molecule has 0 spiro atoms. The average Bonchev–Trinajstić information content (AvgIpc) is 3.62. The molecule has 30 heavy (non-hydrogen) atoms. The molecule has 1 aliphatic carbocycles. The first-order valence-electron chi connectivity index (χ1n) is 10.8. The van der Waals surface area contributed by atoms with Crippen molar-refractivity contribution in [1.82, 2.24) is 15.2 Å². The van der Waals surface area contributed by atoms with Gasteiger partial charge in [0, 0.05) is 31.9 Å². The summed E-state index contributed by atoms with van der Waals surface area (Å²) in [5, 5.41) is 3.00. The topological polar surface area (TPSA) is 71.5 Å². The second-order valence-electron chi connectivity index (χ2n) is 8.32. The van der Waals surface area contributed by atoms with Gasteiger partial charge in [0.1, 0.15) is 0 Å². The van der Waals surface area contributed by atoms with Crippen LogP contribution in [-0.4, -0.2) is 41.4 Å². The molecular weight excluding hydrogens is 378 g/mol. The van der Waals surface area contributed by atoms with Crippen molar-refractivity contribution < 1.29 is 14.3 Å². The number of nitrogens with zero attached hydrogens (tertiary/aromatic N) is 2. The first kappa shape index (κ1) is 20.4. The summed E-state index contributed by atoms with van der Waals surface area (Å²) in [5.41, 5.74) is 1.95. The number of ether oxygens (including phenoxy) is 1. The zero-order valence-corrected chi connectivity index (χ0v) is 17.3. The Kier molecular flexibility index (Phi) is 6.62. The van der Waals surface area contributed by atoms with Gasteiger partial charge in [-0.2, -0.15) is 0 Å². The highest BCUT2D eigenvalue weighted by atomic mass is 16.5. The molecule has 1 aliphatic heterocycles. The van der Waals surface area contributed by atoms with Gasteiger partial charge in [0.05, 0.1) is 18.9 Å². The first-order valence-corrected chi connectivity index (χ1v) is 10.8. The van der Waals surface area contributed by atoms with E-state index in [9.17, 15) is 9.59 Å². The summed E-state index contributed by atoms with van der Waals surface area (Å²) in [4.78, 5) is 31.4. The number of aromatic nitrogens is 1. The number of amides is 2. The predicted molar refractivity (Wildman–Crippen MR) is 114 cm³/mol. The molecule has 1 atom stereocenters. The molecule has 0 radical (unpaired) electrons. The number of hydrogen-bond acceptors (Lipinski definition) is 4. The zero-order valence-electron chi connectivity index (χ0n) is 17.3. The number of rotatable bonds is 8. The Hall–Kier alpha value is -2.89. The quantitative estimate of drug-likeness (QED) is 0.730. The van der Waals surface area contributed by atoms with E-state index in [2.05, 4.69) is 10.3 Å². The molecule has 0 bridgehead atoms. The Morgan fingerprint density at radius 2 is 1.90 bits per heavy atom. The van der Waals surface area contributed by atoms with Gasteiger partial charge in [-0.15, -0.1) is 0 Å². The van der Waals surface area contributed by atoms with Gasteiger partial charge in [0.2, 0.25) is 17.7 Å². The molecule has 2 aromatic rings. The van der Waals surface area contributed by atoms with E-state index in [0.29, 0.717) is 31.3 Å². The molecule has 2 heterocycles. The second kappa shape index (κ2) is 9.74. The fraction of sp³-hybridized carbons (Fsp3) is 0.458. The molecule has 1 aromatic heterocycles. The van der Waals surface area contributed by atoms with Crippen molar-refractivity contribution in [2.24, 2.45) is 11.8 Å². The summed E-state index contributed by atoms with van der Waals surface area (Å²) in [6.45, 7) is 2.39. The SMILES string of the molecule is O=C(NCc1ccc(OCC2CC2)nc1)C1CCCN(C(=O)Cc2ccccc2)C1. The Bertz CT molecular complexity index is 850. The lowest BCUT2D eigenvalue weighted by Gasteiger charge is -2.32. The van der Waals surface area contributed by atoms with Gasteiger partial charge in [-0.05, 0) is 42.7 Å². The summed E-state index contributed by atoms with van der Waals surface area (Å²) < 4.78 is 5.65. The number of nitrogens with one attached hydrogen (secondary N) is 1. The van der Waals surface area contributed by atoms with E-state index < -0.39 is 0 Å². The smallest absolute Gasteiger partial charge is 0.227 e. The Morgan fingerprint density at radius 3 is 2.63 bits per heavy atom. The number of carbonyl (C=O) groups is 2. The number of likely N-dealkylation sites (tertiary alicyclic amines) is 1. The zero-order chi connectivity index (χ0) is 20.8. The van der Waals surface area contributed by atoms with Crippen LogP contribution in [0.3, 0.4) is 0 Å². The van der Waals surface area contributed by atoms with Crippen LogP contribution in [0.5, 0.6) is 5.88 Å². The van der Waals surface area contributed by atoms with Crippen LogP contribution < -0.4 is 10.1 Å². The normalized spacial score (nSPS) is 18.7. The molecule has 4 rings (SSSR count). The van der Waals surface area contributed by atoms with Gasteiger partial charge in [-0.1, -0.05) is 36.4 Å². The second-order valence-corrected chi connectivity index (χ2v) is 8.32. The maximum absolute atomic E-state index is 12.7. The third-order valence-electron chi connectivity index (χ3n) is 5.77. The fourth-order valence-corrected chi connectivity index (χ4v) is 3.72.